The molecular weight excluding hydrogens is 424 g/mol. The Balaban J connectivity index is 1.25. The quantitative estimate of drug-likeness (QED) is 0.551. The molecule has 0 unspecified atom stereocenters. The molecule has 2 aliphatic rings. The Hall–Kier alpha value is -3.56. The van der Waals surface area contributed by atoms with Crippen molar-refractivity contribution in [2.24, 2.45) is 13.0 Å². The van der Waals surface area contributed by atoms with E-state index in [1.165, 1.54) is 12.8 Å². The van der Waals surface area contributed by atoms with E-state index in [4.69, 9.17) is 9.47 Å². The predicted molar refractivity (Wildman–Crippen MR) is 117 cm³/mol. The van der Waals surface area contributed by atoms with Crippen LogP contribution in [0, 0.1) is 5.92 Å². The lowest BCUT2D eigenvalue weighted by atomic mass is 9.87. The maximum absolute atomic E-state index is 11.3. The van der Waals surface area contributed by atoms with Gasteiger partial charge in [0.2, 0.25) is 0 Å². The van der Waals surface area contributed by atoms with Gasteiger partial charge >= 0.3 is 12.0 Å². The average Bonchev–Trinajstić information content (AvgIpc) is 3.62. The van der Waals surface area contributed by atoms with Crippen molar-refractivity contribution in [3.63, 3.8) is 0 Å². The third-order valence-electron chi connectivity index (χ3n) is 6.19. The molecule has 5 rings (SSSR count). The van der Waals surface area contributed by atoms with Gasteiger partial charge in [-0.1, -0.05) is 5.21 Å². The molecule has 2 fully saturated rings. The fourth-order valence-electron chi connectivity index (χ4n) is 4.16. The first-order valence-corrected chi connectivity index (χ1v) is 11.3. The lowest BCUT2D eigenvalue weighted by Gasteiger charge is -2.27. The highest BCUT2D eigenvalue weighted by atomic mass is 16.5. The van der Waals surface area contributed by atoms with Crippen molar-refractivity contribution < 1.29 is 19.4 Å². The molecule has 3 aromatic rings. The molecular formula is C23H26N6O4. The number of hydrogen-bond donors (Lipinski definition) is 1. The summed E-state index contributed by atoms with van der Waals surface area (Å²) in [5.74, 6) is 0.0468. The van der Waals surface area contributed by atoms with Crippen LogP contribution in [0.4, 0.5) is 0 Å². The second kappa shape index (κ2) is 9.13. The third-order valence-corrected chi connectivity index (χ3v) is 6.19. The molecule has 0 saturated heterocycles. The summed E-state index contributed by atoms with van der Waals surface area (Å²) in [6, 6.07) is 5.93. The molecule has 3 heterocycles. The van der Waals surface area contributed by atoms with Gasteiger partial charge in [0.25, 0.3) is 0 Å². The lowest BCUT2D eigenvalue weighted by molar-refractivity contribution is -0.143. The molecule has 2 saturated carbocycles. The van der Waals surface area contributed by atoms with Crippen LogP contribution in [-0.4, -0.2) is 47.1 Å². The van der Waals surface area contributed by atoms with Crippen molar-refractivity contribution in [3.8, 4) is 23.1 Å². The second-order valence-electron chi connectivity index (χ2n) is 8.66. The summed E-state index contributed by atoms with van der Waals surface area (Å²) in [5, 5.41) is 17.6. The zero-order valence-corrected chi connectivity index (χ0v) is 18.4. The minimum atomic E-state index is -0.751. The van der Waals surface area contributed by atoms with Gasteiger partial charge < -0.3 is 14.6 Å². The highest BCUT2D eigenvalue weighted by Crippen LogP contribution is 2.39. The number of carbonyl (C=O) groups is 1. The number of ether oxygens (including phenoxy) is 2. The smallest absolute Gasteiger partial charge is 0.316 e. The number of aromatic nitrogens is 6. The van der Waals surface area contributed by atoms with Crippen LogP contribution in [0.1, 0.15) is 55.8 Å². The van der Waals surface area contributed by atoms with E-state index in [1.54, 1.807) is 24.1 Å². The van der Waals surface area contributed by atoms with Gasteiger partial charge in [0.05, 0.1) is 29.6 Å². The molecule has 0 bridgehead atoms. The zero-order chi connectivity index (χ0) is 22.8. The first-order chi connectivity index (χ1) is 16.1. The van der Waals surface area contributed by atoms with Gasteiger partial charge in [0.1, 0.15) is 23.7 Å². The second-order valence-corrected chi connectivity index (χ2v) is 8.66. The Bertz CT molecular complexity index is 1130. The van der Waals surface area contributed by atoms with E-state index < -0.39 is 5.97 Å². The fraction of sp³-hybridized carbons (Fsp3) is 0.478. The Labute approximate surface area is 191 Å². The van der Waals surface area contributed by atoms with E-state index in [0.29, 0.717) is 41.9 Å². The summed E-state index contributed by atoms with van der Waals surface area (Å²) in [5.41, 5.74) is 3.04. The normalized spacial score (nSPS) is 20.4. The maximum Gasteiger partial charge on any atom is 0.316 e. The molecule has 2 atom stereocenters. The van der Waals surface area contributed by atoms with E-state index in [1.807, 2.05) is 18.2 Å². The molecule has 172 valence electrons. The molecule has 0 radical (unpaired) electrons. The number of aryl methyl sites for hydroxylation is 1. The molecule has 10 heteroatoms. The highest BCUT2D eigenvalue weighted by molar-refractivity contribution is 5.70. The predicted octanol–water partition coefficient (Wildman–Crippen LogP) is 3.15. The van der Waals surface area contributed by atoms with Crippen molar-refractivity contribution in [2.45, 2.75) is 57.2 Å². The van der Waals surface area contributed by atoms with Gasteiger partial charge in [-0.05, 0) is 56.7 Å². The number of nitrogens with zero attached hydrogens (tertiary/aromatic N) is 6. The average molecular weight is 450 g/mol. The van der Waals surface area contributed by atoms with E-state index in [2.05, 4.69) is 25.3 Å². The molecule has 33 heavy (non-hydrogen) atoms. The summed E-state index contributed by atoms with van der Waals surface area (Å²) in [4.78, 5) is 24.5. The van der Waals surface area contributed by atoms with Crippen molar-refractivity contribution >= 4 is 5.97 Å². The SMILES string of the molecule is Cn1nnc(-c2ccc(O[C@H]3CCC[C@H](C(=O)O)C3)cn2)c1COc1nccc(C2CC2)n1. The van der Waals surface area contributed by atoms with Gasteiger partial charge in [-0.25, -0.2) is 9.67 Å². The topological polar surface area (TPSA) is 125 Å². The van der Waals surface area contributed by atoms with Crippen molar-refractivity contribution in [1.82, 2.24) is 29.9 Å². The Morgan fingerprint density at radius 3 is 2.82 bits per heavy atom. The number of carboxylic acid groups (broad SMARTS) is 1. The minimum Gasteiger partial charge on any atom is -0.489 e. The Morgan fingerprint density at radius 1 is 1.18 bits per heavy atom. The Morgan fingerprint density at radius 2 is 2.06 bits per heavy atom. The van der Waals surface area contributed by atoms with Gasteiger partial charge in [0, 0.05) is 19.2 Å². The van der Waals surface area contributed by atoms with Crippen LogP contribution < -0.4 is 9.47 Å². The molecule has 0 aromatic carbocycles. The van der Waals surface area contributed by atoms with Crippen LogP contribution in [0.3, 0.4) is 0 Å². The monoisotopic (exact) mass is 450 g/mol. The van der Waals surface area contributed by atoms with Crippen LogP contribution >= 0.6 is 0 Å². The van der Waals surface area contributed by atoms with E-state index >= 15 is 0 Å². The summed E-state index contributed by atoms with van der Waals surface area (Å²) >= 11 is 0. The number of rotatable bonds is 8. The Kier molecular flexibility index (Phi) is 5.89. The largest absolute Gasteiger partial charge is 0.489 e. The van der Waals surface area contributed by atoms with Crippen molar-refractivity contribution in [2.75, 3.05) is 0 Å². The van der Waals surface area contributed by atoms with Gasteiger partial charge in [0.15, 0.2) is 0 Å². The number of pyridine rings is 1. The summed E-state index contributed by atoms with van der Waals surface area (Å²) < 4.78 is 13.5. The molecule has 10 nitrogen and oxygen atoms in total. The molecule has 2 aliphatic carbocycles. The molecule has 0 aliphatic heterocycles. The molecule has 0 amide bonds. The molecule has 0 spiro atoms. The van der Waals surface area contributed by atoms with E-state index in [-0.39, 0.29) is 18.6 Å². The fourth-order valence-corrected chi connectivity index (χ4v) is 4.16. The van der Waals surface area contributed by atoms with E-state index in [0.717, 1.165) is 24.2 Å². The van der Waals surface area contributed by atoms with Gasteiger partial charge in [-0.15, -0.1) is 5.10 Å². The standard InChI is InChI=1S/C23H26N6O4/c1-29-20(13-32-23-24-10-9-18(26-23)14-5-6-14)21(27-28-29)19-8-7-17(12-25-19)33-16-4-2-3-15(11-16)22(30)31/h7-10,12,14-16H,2-6,11,13H2,1H3,(H,30,31)/t15-,16-/m0/s1. The first-order valence-electron chi connectivity index (χ1n) is 11.3. The van der Waals surface area contributed by atoms with Crippen molar-refractivity contribution in [1.29, 1.82) is 0 Å². The summed E-state index contributed by atoms with van der Waals surface area (Å²) in [6.07, 6.45) is 8.51. The maximum atomic E-state index is 11.3. The zero-order valence-electron chi connectivity index (χ0n) is 18.4. The lowest BCUT2D eigenvalue weighted by Crippen LogP contribution is -2.29. The van der Waals surface area contributed by atoms with Crippen LogP contribution in [0.15, 0.2) is 30.6 Å². The van der Waals surface area contributed by atoms with Crippen LogP contribution in [0.5, 0.6) is 11.8 Å². The van der Waals surface area contributed by atoms with Gasteiger partial charge in [-0.2, -0.15) is 4.98 Å². The number of carboxylic acids is 1. The number of hydrogen-bond acceptors (Lipinski definition) is 8. The van der Waals surface area contributed by atoms with Crippen LogP contribution in [0.2, 0.25) is 0 Å². The summed E-state index contributed by atoms with van der Waals surface area (Å²) in [6.45, 7) is 0.214. The van der Waals surface area contributed by atoms with Crippen molar-refractivity contribution in [3.05, 3.63) is 42.0 Å². The molecule has 1 N–H and O–H groups in total. The highest BCUT2D eigenvalue weighted by Gasteiger charge is 2.28. The third kappa shape index (κ3) is 4.94. The number of aliphatic carboxylic acids is 1. The van der Waals surface area contributed by atoms with E-state index in [9.17, 15) is 9.90 Å². The summed E-state index contributed by atoms with van der Waals surface area (Å²) in [7, 11) is 1.80. The minimum absolute atomic E-state index is 0.112. The molecule has 3 aromatic heterocycles. The first kappa shape index (κ1) is 21.3. The van der Waals surface area contributed by atoms with Crippen LogP contribution in [0.25, 0.3) is 11.4 Å². The van der Waals surface area contributed by atoms with Gasteiger partial charge in [-0.3, -0.25) is 9.78 Å². The van der Waals surface area contributed by atoms with Crippen LogP contribution in [-0.2, 0) is 18.4 Å².